The number of Topliss-reactive ketones (excluding diaryl/α,β-unsaturated/α-hetero) is 1. The van der Waals surface area contributed by atoms with E-state index in [1.54, 1.807) is 6.92 Å². The Labute approximate surface area is 127 Å². The van der Waals surface area contributed by atoms with Crippen LogP contribution in [0.3, 0.4) is 0 Å². The molecule has 2 N–H and O–H groups in total. The van der Waals surface area contributed by atoms with E-state index in [0.717, 1.165) is 25.9 Å². The molecule has 2 rings (SSSR count). The lowest BCUT2D eigenvalue weighted by atomic mass is 9.98. The maximum atomic E-state index is 11.4. The lowest BCUT2D eigenvalue weighted by Crippen LogP contribution is -2.49. The van der Waals surface area contributed by atoms with E-state index < -0.39 is 5.60 Å². The number of rotatable bonds is 5. The highest BCUT2D eigenvalue weighted by Crippen LogP contribution is 2.19. The van der Waals surface area contributed by atoms with Crippen LogP contribution in [0.5, 0.6) is 0 Å². The summed E-state index contributed by atoms with van der Waals surface area (Å²) >= 11 is 0. The van der Waals surface area contributed by atoms with Crippen LogP contribution in [0, 0.1) is 6.92 Å². The van der Waals surface area contributed by atoms with Crippen molar-refractivity contribution in [1.29, 1.82) is 0 Å². The molecule has 4 nitrogen and oxygen atoms in total. The summed E-state index contributed by atoms with van der Waals surface area (Å²) in [6, 6.07) is 8.88. The number of carbonyl (C=O) groups is 1. The van der Waals surface area contributed by atoms with Gasteiger partial charge in [-0.25, -0.2) is 0 Å². The molecule has 0 radical (unpaired) electrons. The predicted octanol–water partition coefficient (Wildman–Crippen LogP) is 2.21. The first-order valence-electron chi connectivity index (χ1n) is 7.66. The van der Waals surface area contributed by atoms with Crippen LogP contribution in [-0.4, -0.2) is 47.1 Å². The van der Waals surface area contributed by atoms with Gasteiger partial charge < -0.3 is 10.4 Å². The van der Waals surface area contributed by atoms with Crippen molar-refractivity contribution >= 4 is 11.5 Å². The fourth-order valence-corrected chi connectivity index (χ4v) is 2.75. The van der Waals surface area contributed by atoms with Crippen molar-refractivity contribution < 1.29 is 9.90 Å². The molecule has 0 aliphatic carbocycles. The number of nitrogens with zero attached hydrogens (tertiary/aromatic N) is 1. The molecule has 1 atom stereocenters. The molecule has 1 aliphatic rings. The van der Waals surface area contributed by atoms with Crippen LogP contribution in [0.2, 0.25) is 0 Å². The molecule has 4 heteroatoms. The highest BCUT2D eigenvalue weighted by atomic mass is 16.3. The topological polar surface area (TPSA) is 52.6 Å². The number of hydrogen-bond acceptors (Lipinski definition) is 4. The molecule has 1 aromatic rings. The number of likely N-dealkylation sites (tertiary alicyclic amines) is 1. The van der Waals surface area contributed by atoms with Gasteiger partial charge in [0, 0.05) is 31.4 Å². The third kappa shape index (κ3) is 4.55. The van der Waals surface area contributed by atoms with Crippen LogP contribution in [0.15, 0.2) is 24.3 Å². The third-order valence-electron chi connectivity index (χ3n) is 4.27. The molecule has 1 saturated heterocycles. The summed E-state index contributed by atoms with van der Waals surface area (Å²) in [4.78, 5) is 13.6. The quantitative estimate of drug-likeness (QED) is 0.873. The number of nitrogens with one attached hydrogen (secondary N) is 1. The van der Waals surface area contributed by atoms with Crippen LogP contribution in [0.1, 0.15) is 32.3 Å². The number of aryl methyl sites for hydroxylation is 1. The van der Waals surface area contributed by atoms with Crippen LogP contribution in [0.25, 0.3) is 0 Å². The fraction of sp³-hybridized carbons (Fsp3) is 0.588. The molecular weight excluding hydrogens is 264 g/mol. The molecule has 116 valence electrons. The first kappa shape index (κ1) is 16.0. The minimum absolute atomic E-state index is 0.164. The Balaban J connectivity index is 1.82. The number of β-amino-alcohol motifs (C(OH)–C–C–N with tert-alkyl or cyclic N) is 1. The largest absolute Gasteiger partial charge is 0.382 e. The number of anilines is 1. The third-order valence-corrected chi connectivity index (χ3v) is 4.27. The Morgan fingerprint density at radius 1 is 1.43 bits per heavy atom. The molecule has 0 saturated carbocycles. The van der Waals surface area contributed by atoms with Gasteiger partial charge in [-0.2, -0.15) is 0 Å². The number of carbonyl (C=O) groups excluding carboxylic acids is 1. The number of ketones is 1. The van der Waals surface area contributed by atoms with E-state index in [-0.39, 0.29) is 5.78 Å². The fourth-order valence-electron chi connectivity index (χ4n) is 2.75. The lowest BCUT2D eigenvalue weighted by molar-refractivity contribution is -0.135. The molecule has 1 heterocycles. The Bertz CT molecular complexity index is 491. The summed E-state index contributed by atoms with van der Waals surface area (Å²) in [7, 11) is 0. The van der Waals surface area contributed by atoms with E-state index in [4.69, 9.17) is 0 Å². The summed E-state index contributed by atoms with van der Waals surface area (Å²) in [5, 5.41) is 13.6. The van der Waals surface area contributed by atoms with Gasteiger partial charge in [-0.1, -0.05) is 12.1 Å². The first-order chi connectivity index (χ1) is 9.87. The van der Waals surface area contributed by atoms with Crippen molar-refractivity contribution in [2.45, 2.75) is 45.3 Å². The van der Waals surface area contributed by atoms with Crippen LogP contribution in [-0.2, 0) is 4.79 Å². The zero-order valence-electron chi connectivity index (χ0n) is 13.2. The smallest absolute Gasteiger partial charge is 0.162 e. The van der Waals surface area contributed by atoms with Gasteiger partial charge in [-0.15, -0.1) is 0 Å². The first-order valence-corrected chi connectivity index (χ1v) is 7.66. The predicted molar refractivity (Wildman–Crippen MR) is 85.6 cm³/mol. The number of aliphatic hydroxyl groups is 1. The molecule has 1 aliphatic heterocycles. The van der Waals surface area contributed by atoms with Gasteiger partial charge in [0.15, 0.2) is 5.78 Å². The molecule has 0 bridgehead atoms. The van der Waals surface area contributed by atoms with Crippen LogP contribution in [0.4, 0.5) is 5.69 Å². The van der Waals surface area contributed by atoms with Gasteiger partial charge in [-0.3, -0.25) is 9.69 Å². The second-order valence-corrected chi connectivity index (χ2v) is 6.39. The molecule has 0 spiro atoms. The Hall–Kier alpha value is -1.39. The lowest BCUT2D eigenvalue weighted by Gasteiger charge is -2.36. The van der Waals surface area contributed by atoms with Gasteiger partial charge in [0.1, 0.15) is 5.60 Å². The van der Waals surface area contributed by atoms with Gasteiger partial charge in [0.05, 0.1) is 0 Å². The molecule has 21 heavy (non-hydrogen) atoms. The van der Waals surface area contributed by atoms with E-state index >= 15 is 0 Å². The van der Waals surface area contributed by atoms with Crippen molar-refractivity contribution in [3.05, 3.63) is 29.8 Å². The average Bonchev–Trinajstić information content (AvgIpc) is 2.40. The zero-order chi connectivity index (χ0) is 15.5. The number of benzene rings is 1. The second-order valence-electron chi connectivity index (χ2n) is 6.39. The molecule has 1 aromatic carbocycles. The molecule has 1 fully saturated rings. The Morgan fingerprint density at radius 3 is 2.67 bits per heavy atom. The van der Waals surface area contributed by atoms with Crippen molar-refractivity contribution in [3.63, 3.8) is 0 Å². The van der Waals surface area contributed by atoms with Crippen molar-refractivity contribution in [1.82, 2.24) is 4.90 Å². The standard InChI is InChI=1S/C17H26N2O2/c1-13-5-4-6-16(11-13)18-15-7-9-19(10-8-15)12-17(3,21)14(2)20/h4-6,11,15,18,21H,7-10,12H2,1-3H3. The summed E-state index contributed by atoms with van der Waals surface area (Å²) in [6.45, 7) is 7.40. The van der Waals surface area contributed by atoms with E-state index in [1.807, 2.05) is 0 Å². The van der Waals surface area contributed by atoms with E-state index in [0.29, 0.717) is 12.6 Å². The van der Waals surface area contributed by atoms with Crippen LogP contribution >= 0.6 is 0 Å². The average molecular weight is 290 g/mol. The van der Waals surface area contributed by atoms with Gasteiger partial charge in [0.2, 0.25) is 0 Å². The maximum Gasteiger partial charge on any atom is 0.162 e. The summed E-state index contributed by atoms with van der Waals surface area (Å²) < 4.78 is 0. The minimum atomic E-state index is -1.23. The number of piperidine rings is 1. The van der Waals surface area contributed by atoms with Crippen molar-refractivity contribution in [2.75, 3.05) is 25.0 Å². The van der Waals surface area contributed by atoms with Crippen molar-refractivity contribution in [2.24, 2.45) is 0 Å². The van der Waals surface area contributed by atoms with Crippen LogP contribution < -0.4 is 5.32 Å². The molecule has 0 aromatic heterocycles. The maximum absolute atomic E-state index is 11.4. The second kappa shape index (κ2) is 6.58. The molecular formula is C17H26N2O2. The molecule has 1 unspecified atom stereocenters. The van der Waals surface area contributed by atoms with E-state index in [2.05, 4.69) is 41.4 Å². The van der Waals surface area contributed by atoms with E-state index in [1.165, 1.54) is 18.2 Å². The van der Waals surface area contributed by atoms with Gasteiger partial charge >= 0.3 is 0 Å². The Kier molecular flexibility index (Phi) is 5.01. The van der Waals surface area contributed by atoms with Gasteiger partial charge in [-0.05, 0) is 51.3 Å². The zero-order valence-corrected chi connectivity index (χ0v) is 13.2. The van der Waals surface area contributed by atoms with Gasteiger partial charge in [0.25, 0.3) is 0 Å². The van der Waals surface area contributed by atoms with E-state index in [9.17, 15) is 9.90 Å². The minimum Gasteiger partial charge on any atom is -0.382 e. The highest BCUT2D eigenvalue weighted by molar-refractivity contribution is 5.84. The highest BCUT2D eigenvalue weighted by Gasteiger charge is 2.30. The summed E-state index contributed by atoms with van der Waals surface area (Å²) in [5.74, 6) is -0.164. The summed E-state index contributed by atoms with van der Waals surface area (Å²) in [6.07, 6.45) is 2.06. The Morgan fingerprint density at radius 2 is 2.10 bits per heavy atom. The monoisotopic (exact) mass is 290 g/mol. The number of hydrogen-bond donors (Lipinski definition) is 2. The van der Waals surface area contributed by atoms with Crippen molar-refractivity contribution in [3.8, 4) is 0 Å². The normalized spacial score (nSPS) is 20.0. The molecule has 0 amide bonds. The summed E-state index contributed by atoms with van der Waals surface area (Å²) in [5.41, 5.74) is 1.20. The SMILES string of the molecule is CC(=O)C(C)(O)CN1CCC(Nc2cccc(C)c2)CC1.